The summed E-state index contributed by atoms with van der Waals surface area (Å²) < 4.78 is 31.1. The molecule has 2 fully saturated rings. The van der Waals surface area contributed by atoms with Gasteiger partial charge in [0.1, 0.15) is 0 Å². The van der Waals surface area contributed by atoms with Crippen LogP contribution in [-0.2, 0) is 4.74 Å². The zero-order chi connectivity index (χ0) is 10.7. The van der Waals surface area contributed by atoms with Crippen LogP contribution in [0, 0.1) is 0 Å². The summed E-state index contributed by atoms with van der Waals surface area (Å²) >= 11 is 0. The van der Waals surface area contributed by atoms with Gasteiger partial charge in [0.15, 0.2) is 0 Å². The highest BCUT2D eigenvalue weighted by atomic mass is 19.3. The molecule has 15 heavy (non-hydrogen) atoms. The first-order valence-corrected chi connectivity index (χ1v) is 5.57. The zero-order valence-corrected chi connectivity index (χ0v) is 8.85. The van der Waals surface area contributed by atoms with Gasteiger partial charge < -0.3 is 10.1 Å². The van der Waals surface area contributed by atoms with Crippen LogP contribution in [0.15, 0.2) is 0 Å². The van der Waals surface area contributed by atoms with Gasteiger partial charge in [-0.05, 0) is 13.0 Å². The predicted octanol–water partition coefficient (Wildman–Crippen LogP) is 0.706. The first kappa shape index (κ1) is 11.2. The monoisotopic (exact) mass is 220 g/mol. The molecule has 3 nitrogen and oxygen atoms in total. The van der Waals surface area contributed by atoms with Gasteiger partial charge in [0.25, 0.3) is 5.92 Å². The van der Waals surface area contributed by atoms with Crippen LogP contribution in [0.2, 0.25) is 0 Å². The Balaban J connectivity index is 1.65. The van der Waals surface area contributed by atoms with Crippen LogP contribution in [-0.4, -0.2) is 56.3 Å². The molecule has 2 aliphatic heterocycles. The number of hydrogen-bond acceptors (Lipinski definition) is 3. The molecular formula is C10H18F2N2O. The van der Waals surface area contributed by atoms with E-state index < -0.39 is 5.92 Å². The van der Waals surface area contributed by atoms with Gasteiger partial charge >= 0.3 is 0 Å². The summed E-state index contributed by atoms with van der Waals surface area (Å²) in [5.74, 6) is -2.46. The third-order valence-corrected chi connectivity index (χ3v) is 3.04. The summed E-state index contributed by atoms with van der Waals surface area (Å²) in [7, 11) is 0. The summed E-state index contributed by atoms with van der Waals surface area (Å²) in [5, 5.41) is 3.32. The van der Waals surface area contributed by atoms with E-state index in [0.717, 1.165) is 26.1 Å². The van der Waals surface area contributed by atoms with E-state index in [-0.39, 0.29) is 13.0 Å². The third-order valence-electron chi connectivity index (χ3n) is 3.04. The molecule has 0 saturated carbocycles. The lowest BCUT2D eigenvalue weighted by atomic mass is 10.2. The molecule has 0 aromatic carbocycles. The molecule has 5 heteroatoms. The molecule has 2 rings (SSSR count). The molecule has 0 amide bonds. The van der Waals surface area contributed by atoms with Crippen LogP contribution in [0.4, 0.5) is 8.78 Å². The minimum atomic E-state index is -2.46. The van der Waals surface area contributed by atoms with Crippen molar-refractivity contribution in [3.05, 3.63) is 0 Å². The molecule has 2 aliphatic rings. The van der Waals surface area contributed by atoms with E-state index >= 15 is 0 Å². The fourth-order valence-electron chi connectivity index (χ4n) is 2.14. The number of nitrogens with one attached hydrogen (secondary N) is 1. The molecule has 2 heterocycles. The van der Waals surface area contributed by atoms with Crippen molar-refractivity contribution in [1.82, 2.24) is 10.2 Å². The van der Waals surface area contributed by atoms with Crippen LogP contribution in [0.1, 0.15) is 12.8 Å². The zero-order valence-electron chi connectivity index (χ0n) is 8.85. The van der Waals surface area contributed by atoms with Crippen molar-refractivity contribution < 1.29 is 13.5 Å². The quantitative estimate of drug-likeness (QED) is 0.758. The minimum absolute atomic E-state index is 0.0155. The van der Waals surface area contributed by atoms with Gasteiger partial charge in [0.2, 0.25) is 0 Å². The maximum atomic E-state index is 12.9. The molecule has 0 aromatic heterocycles. The second kappa shape index (κ2) is 4.72. The van der Waals surface area contributed by atoms with Crippen LogP contribution in [0.5, 0.6) is 0 Å². The Labute approximate surface area is 88.8 Å². The Bertz CT molecular complexity index is 208. The first-order chi connectivity index (χ1) is 7.16. The van der Waals surface area contributed by atoms with Gasteiger partial charge in [-0.2, -0.15) is 0 Å². The molecule has 0 bridgehead atoms. The van der Waals surface area contributed by atoms with Crippen LogP contribution < -0.4 is 5.32 Å². The number of morpholine rings is 1. The highest BCUT2D eigenvalue weighted by molar-refractivity contribution is 4.82. The van der Waals surface area contributed by atoms with Crippen molar-refractivity contribution in [2.45, 2.75) is 24.8 Å². The summed E-state index contributed by atoms with van der Waals surface area (Å²) in [6.45, 7) is 3.56. The third kappa shape index (κ3) is 3.36. The molecule has 1 N–H and O–H groups in total. The van der Waals surface area contributed by atoms with E-state index in [1.165, 1.54) is 0 Å². The Kier molecular flexibility index (Phi) is 3.53. The van der Waals surface area contributed by atoms with E-state index in [9.17, 15) is 8.78 Å². The largest absolute Gasteiger partial charge is 0.379 e. The normalized spacial score (nSPS) is 32.0. The first-order valence-electron chi connectivity index (χ1n) is 5.57. The number of rotatable bonds is 3. The standard InChI is InChI=1S/C10H18F2N2O/c11-10(12)2-5-14(8-10)4-1-9-7-15-6-3-13-9/h9,13H,1-8H2. The Morgan fingerprint density at radius 1 is 1.47 bits per heavy atom. The smallest absolute Gasteiger partial charge is 0.261 e. The topological polar surface area (TPSA) is 24.5 Å². The highest BCUT2D eigenvalue weighted by Gasteiger charge is 2.37. The molecule has 1 atom stereocenters. The van der Waals surface area contributed by atoms with Gasteiger partial charge in [0.05, 0.1) is 19.8 Å². The van der Waals surface area contributed by atoms with Crippen LogP contribution in [0.3, 0.4) is 0 Å². The summed E-state index contributed by atoms with van der Waals surface area (Å²) in [5.41, 5.74) is 0. The number of alkyl halides is 2. The Morgan fingerprint density at radius 2 is 2.33 bits per heavy atom. The number of halogens is 2. The van der Waals surface area contributed by atoms with Crippen molar-refractivity contribution in [3.63, 3.8) is 0 Å². The number of likely N-dealkylation sites (tertiary alicyclic amines) is 1. The van der Waals surface area contributed by atoms with Gasteiger partial charge in [-0.3, -0.25) is 4.90 Å². The minimum Gasteiger partial charge on any atom is -0.379 e. The molecule has 0 spiro atoms. The van der Waals surface area contributed by atoms with Crippen LogP contribution in [0.25, 0.3) is 0 Å². The Morgan fingerprint density at radius 3 is 2.93 bits per heavy atom. The van der Waals surface area contributed by atoms with Crippen molar-refractivity contribution in [2.24, 2.45) is 0 Å². The molecule has 1 unspecified atom stereocenters. The Hall–Kier alpha value is -0.260. The van der Waals surface area contributed by atoms with Gasteiger partial charge in [-0.25, -0.2) is 8.78 Å². The van der Waals surface area contributed by atoms with Gasteiger partial charge in [-0.15, -0.1) is 0 Å². The predicted molar refractivity (Wildman–Crippen MR) is 53.2 cm³/mol. The summed E-state index contributed by atoms with van der Waals surface area (Å²) in [6, 6.07) is 0.341. The van der Waals surface area contributed by atoms with E-state index in [4.69, 9.17) is 4.74 Å². The molecule has 88 valence electrons. The number of nitrogens with zero attached hydrogens (tertiary/aromatic N) is 1. The molecule has 0 aliphatic carbocycles. The number of ether oxygens (including phenoxy) is 1. The van der Waals surface area contributed by atoms with Gasteiger partial charge in [-0.1, -0.05) is 0 Å². The summed E-state index contributed by atoms with van der Waals surface area (Å²) in [6.07, 6.45) is 0.914. The molecule has 2 saturated heterocycles. The average Bonchev–Trinajstić information content (AvgIpc) is 2.57. The fourth-order valence-corrected chi connectivity index (χ4v) is 2.14. The second-order valence-corrected chi connectivity index (χ2v) is 4.40. The van der Waals surface area contributed by atoms with Gasteiger partial charge in [0, 0.05) is 25.6 Å². The van der Waals surface area contributed by atoms with Crippen molar-refractivity contribution >= 4 is 0 Å². The maximum Gasteiger partial charge on any atom is 0.261 e. The lowest BCUT2D eigenvalue weighted by Gasteiger charge is -2.25. The fraction of sp³-hybridized carbons (Fsp3) is 1.00. The number of hydrogen-bond donors (Lipinski definition) is 1. The van der Waals surface area contributed by atoms with Crippen molar-refractivity contribution in [3.8, 4) is 0 Å². The summed E-state index contributed by atoms with van der Waals surface area (Å²) in [4.78, 5) is 1.84. The second-order valence-electron chi connectivity index (χ2n) is 4.40. The van der Waals surface area contributed by atoms with E-state index in [2.05, 4.69) is 5.32 Å². The molecule has 0 aromatic rings. The maximum absolute atomic E-state index is 12.9. The van der Waals surface area contributed by atoms with Crippen molar-refractivity contribution in [1.29, 1.82) is 0 Å². The van der Waals surface area contributed by atoms with Crippen molar-refractivity contribution in [2.75, 3.05) is 39.4 Å². The van der Waals surface area contributed by atoms with Crippen LogP contribution >= 0.6 is 0 Å². The highest BCUT2D eigenvalue weighted by Crippen LogP contribution is 2.26. The van der Waals surface area contributed by atoms with E-state index in [0.29, 0.717) is 19.2 Å². The SMILES string of the molecule is FC1(F)CCN(CCC2COCCN2)C1. The van der Waals surface area contributed by atoms with E-state index in [1.54, 1.807) is 0 Å². The lowest BCUT2D eigenvalue weighted by Crippen LogP contribution is -2.43. The molecule has 0 radical (unpaired) electrons. The lowest BCUT2D eigenvalue weighted by molar-refractivity contribution is 0.0110. The van der Waals surface area contributed by atoms with E-state index in [1.807, 2.05) is 4.90 Å². The average molecular weight is 220 g/mol. The molecular weight excluding hydrogens is 202 g/mol.